The van der Waals surface area contributed by atoms with Crippen LogP contribution in [-0.4, -0.2) is 31.0 Å². The van der Waals surface area contributed by atoms with Crippen LogP contribution in [0.5, 0.6) is 5.75 Å². The molecule has 1 aromatic heterocycles. The molecule has 0 fully saturated rings. The lowest BCUT2D eigenvalue weighted by Crippen LogP contribution is -2.24. The fraction of sp³-hybridized carbons (Fsp3) is 0.100. The minimum atomic E-state index is -4.12. The number of sulfonamides is 1. The number of nitrogens with one attached hydrogen (secondary N) is 2. The van der Waals surface area contributed by atoms with Crippen molar-refractivity contribution in [3.05, 3.63) is 64.6 Å². The molecule has 0 saturated heterocycles. The number of pyridine rings is 1. The van der Waals surface area contributed by atoms with Gasteiger partial charge in [0.25, 0.3) is 5.91 Å². The maximum absolute atomic E-state index is 14.4. The van der Waals surface area contributed by atoms with Gasteiger partial charge in [-0.3, -0.25) is 9.78 Å². The second-order valence-electron chi connectivity index (χ2n) is 6.16. The number of rotatable bonds is 6. The zero-order chi connectivity index (χ0) is 21.9. The summed E-state index contributed by atoms with van der Waals surface area (Å²) >= 11 is 5.82. The average molecular weight is 448 g/mol. The molecule has 0 aliphatic heterocycles. The Morgan fingerprint density at radius 3 is 2.63 bits per heavy atom. The first-order valence-electron chi connectivity index (χ1n) is 8.50. The minimum absolute atomic E-state index is 0.145. The van der Waals surface area contributed by atoms with E-state index in [0.717, 1.165) is 23.9 Å². The van der Waals surface area contributed by atoms with Crippen molar-refractivity contribution in [1.82, 2.24) is 15.0 Å². The van der Waals surface area contributed by atoms with Crippen LogP contribution >= 0.6 is 11.6 Å². The van der Waals surface area contributed by atoms with Crippen molar-refractivity contribution < 1.29 is 22.7 Å². The van der Waals surface area contributed by atoms with E-state index >= 15 is 0 Å². The van der Waals surface area contributed by atoms with E-state index in [1.807, 2.05) is 0 Å². The lowest BCUT2D eigenvalue weighted by molar-refractivity contribution is 0.0948. The summed E-state index contributed by atoms with van der Waals surface area (Å²) in [4.78, 5) is 15.9. The van der Waals surface area contributed by atoms with Gasteiger partial charge in [-0.1, -0.05) is 29.7 Å². The van der Waals surface area contributed by atoms with Gasteiger partial charge < -0.3 is 10.4 Å². The molecule has 1 heterocycles. The van der Waals surface area contributed by atoms with Crippen LogP contribution in [0.25, 0.3) is 10.9 Å². The Morgan fingerprint density at radius 2 is 1.97 bits per heavy atom. The highest BCUT2D eigenvalue weighted by Gasteiger charge is 2.21. The molecule has 0 bridgehead atoms. The Kier molecular flexibility index (Phi) is 6.22. The molecule has 3 N–H and O–H groups in total. The summed E-state index contributed by atoms with van der Waals surface area (Å²) in [7, 11) is -4.12. The van der Waals surface area contributed by atoms with Crippen molar-refractivity contribution >= 4 is 38.4 Å². The predicted octanol–water partition coefficient (Wildman–Crippen LogP) is 2.57. The third-order valence-electron chi connectivity index (χ3n) is 4.16. The van der Waals surface area contributed by atoms with Crippen molar-refractivity contribution in [2.45, 2.75) is 11.4 Å². The van der Waals surface area contributed by atoms with Gasteiger partial charge in [0, 0.05) is 23.2 Å². The molecule has 10 heteroatoms. The van der Waals surface area contributed by atoms with Gasteiger partial charge in [0.05, 0.1) is 11.4 Å². The molecule has 2 aromatic carbocycles. The van der Waals surface area contributed by atoms with Crippen LogP contribution in [0.1, 0.15) is 15.9 Å². The summed E-state index contributed by atoms with van der Waals surface area (Å²) in [6.07, 6.45) is 6.05. The standard InChI is InChI=1S/C20H15ClFN3O4S/c1-2-7-25-30(28,29)14-8-15-18(17(22)9-14)23-11-16(19(15)26)20(27)24-10-12-3-5-13(21)6-4-12/h1,3-6,8-9,11,25H,7,10H2,(H,23,26)(H,24,27). The van der Waals surface area contributed by atoms with Crippen LogP contribution in [0.4, 0.5) is 4.39 Å². The van der Waals surface area contributed by atoms with Gasteiger partial charge >= 0.3 is 0 Å². The van der Waals surface area contributed by atoms with Crippen molar-refractivity contribution in [1.29, 1.82) is 0 Å². The van der Waals surface area contributed by atoms with E-state index < -0.39 is 32.4 Å². The Hall–Kier alpha value is -3.19. The normalized spacial score (nSPS) is 11.2. The Balaban J connectivity index is 1.94. The van der Waals surface area contributed by atoms with E-state index in [0.29, 0.717) is 5.02 Å². The maximum Gasteiger partial charge on any atom is 0.256 e. The van der Waals surface area contributed by atoms with Crippen LogP contribution in [0.15, 0.2) is 47.5 Å². The Morgan fingerprint density at radius 1 is 1.27 bits per heavy atom. The summed E-state index contributed by atoms with van der Waals surface area (Å²) in [5.41, 5.74) is 0.250. The first-order valence-corrected chi connectivity index (χ1v) is 10.4. The quantitative estimate of drug-likeness (QED) is 0.503. The highest BCUT2D eigenvalue weighted by atomic mass is 35.5. The molecular weight excluding hydrogens is 433 g/mol. The summed E-state index contributed by atoms with van der Waals surface area (Å²) in [6, 6.07) is 8.55. The first kappa shape index (κ1) is 21.5. The molecule has 0 atom stereocenters. The number of benzene rings is 2. The number of fused-ring (bicyclic) bond motifs is 1. The number of amides is 1. The fourth-order valence-corrected chi connectivity index (χ4v) is 3.74. The molecule has 3 rings (SSSR count). The van der Waals surface area contributed by atoms with Gasteiger partial charge in [-0.25, -0.2) is 12.8 Å². The number of carbonyl (C=O) groups excluding carboxylic acids is 1. The van der Waals surface area contributed by atoms with Gasteiger partial charge in [0.1, 0.15) is 16.8 Å². The molecule has 0 aliphatic rings. The average Bonchev–Trinajstić information content (AvgIpc) is 2.72. The van der Waals surface area contributed by atoms with E-state index in [1.165, 1.54) is 0 Å². The number of carbonyl (C=O) groups is 1. The molecule has 0 radical (unpaired) electrons. The van der Waals surface area contributed by atoms with Crippen molar-refractivity contribution in [3.8, 4) is 18.1 Å². The second-order valence-corrected chi connectivity index (χ2v) is 8.36. The number of aromatic nitrogens is 1. The largest absolute Gasteiger partial charge is 0.506 e. The highest BCUT2D eigenvalue weighted by molar-refractivity contribution is 7.89. The van der Waals surface area contributed by atoms with Crippen molar-refractivity contribution in [3.63, 3.8) is 0 Å². The van der Waals surface area contributed by atoms with Crippen molar-refractivity contribution in [2.75, 3.05) is 6.54 Å². The van der Waals surface area contributed by atoms with Gasteiger partial charge in [-0.2, -0.15) is 4.72 Å². The van der Waals surface area contributed by atoms with Crippen LogP contribution in [0.2, 0.25) is 5.02 Å². The van der Waals surface area contributed by atoms with Crippen molar-refractivity contribution in [2.24, 2.45) is 0 Å². The lowest BCUT2D eigenvalue weighted by atomic mass is 10.1. The highest BCUT2D eigenvalue weighted by Crippen LogP contribution is 2.31. The Labute approximate surface area is 176 Å². The maximum atomic E-state index is 14.4. The number of aromatic hydroxyl groups is 1. The van der Waals surface area contributed by atoms with E-state index in [2.05, 4.69) is 20.9 Å². The first-order chi connectivity index (χ1) is 14.2. The number of hydrogen-bond acceptors (Lipinski definition) is 5. The predicted molar refractivity (Wildman–Crippen MR) is 110 cm³/mol. The van der Waals surface area contributed by atoms with E-state index in [-0.39, 0.29) is 29.6 Å². The molecule has 0 saturated carbocycles. The van der Waals surface area contributed by atoms with Gasteiger partial charge in [0.2, 0.25) is 10.0 Å². The molecule has 3 aromatic rings. The topological polar surface area (TPSA) is 108 Å². The molecule has 154 valence electrons. The number of halogens is 2. The third-order valence-corrected chi connectivity index (χ3v) is 5.79. The summed E-state index contributed by atoms with van der Waals surface area (Å²) in [5, 5.41) is 13.4. The summed E-state index contributed by atoms with van der Waals surface area (Å²) in [6.45, 7) is -0.147. The SMILES string of the molecule is C#CCNS(=O)(=O)c1cc(F)c2ncc(C(=O)NCc3ccc(Cl)cc3)c(O)c2c1. The second kappa shape index (κ2) is 8.67. The van der Waals surface area contributed by atoms with Crippen LogP contribution < -0.4 is 10.0 Å². The minimum Gasteiger partial charge on any atom is -0.506 e. The fourth-order valence-electron chi connectivity index (χ4n) is 2.64. The zero-order valence-corrected chi connectivity index (χ0v) is 16.9. The van der Waals surface area contributed by atoms with Crippen LogP contribution in [-0.2, 0) is 16.6 Å². The van der Waals surface area contributed by atoms with E-state index in [4.69, 9.17) is 18.0 Å². The monoisotopic (exact) mass is 447 g/mol. The van der Waals surface area contributed by atoms with Crippen LogP contribution in [0, 0.1) is 18.2 Å². The molecule has 0 unspecified atom stereocenters. The molecule has 7 nitrogen and oxygen atoms in total. The van der Waals surface area contributed by atoms with Gasteiger partial charge in [-0.15, -0.1) is 6.42 Å². The third kappa shape index (κ3) is 4.52. The van der Waals surface area contributed by atoms with Crippen LogP contribution in [0.3, 0.4) is 0 Å². The van der Waals surface area contributed by atoms with E-state index in [9.17, 15) is 22.7 Å². The summed E-state index contributed by atoms with van der Waals surface area (Å²) < 4.78 is 41.0. The summed E-state index contributed by atoms with van der Waals surface area (Å²) in [5.74, 6) is -0.136. The molecule has 0 spiro atoms. The van der Waals surface area contributed by atoms with Gasteiger partial charge in [-0.05, 0) is 29.8 Å². The molecule has 0 aliphatic carbocycles. The number of hydrogen-bond donors (Lipinski definition) is 3. The molecule has 30 heavy (non-hydrogen) atoms. The lowest BCUT2D eigenvalue weighted by Gasteiger charge is -2.11. The number of nitrogens with zero attached hydrogens (tertiary/aromatic N) is 1. The Bertz CT molecular complexity index is 1270. The van der Waals surface area contributed by atoms with Gasteiger partial charge in [0.15, 0.2) is 5.82 Å². The van der Waals surface area contributed by atoms with E-state index in [1.54, 1.807) is 24.3 Å². The molecular formula is C20H15ClFN3O4S. The number of terminal acetylenes is 1. The zero-order valence-electron chi connectivity index (χ0n) is 15.3. The molecule has 1 amide bonds. The smallest absolute Gasteiger partial charge is 0.256 e.